The van der Waals surface area contributed by atoms with Crippen LogP contribution in [0.2, 0.25) is 0 Å². The van der Waals surface area contributed by atoms with Crippen LogP contribution in [0.25, 0.3) is 11.3 Å². The van der Waals surface area contributed by atoms with Crippen LogP contribution in [0.5, 0.6) is 0 Å². The zero-order valence-electron chi connectivity index (χ0n) is 16.6. The van der Waals surface area contributed by atoms with Crippen LogP contribution in [-0.2, 0) is 11.2 Å². The van der Waals surface area contributed by atoms with Gasteiger partial charge in [0.1, 0.15) is 0 Å². The van der Waals surface area contributed by atoms with Crippen LogP contribution in [0.1, 0.15) is 31.2 Å². The number of hydrogen-bond acceptors (Lipinski definition) is 4. The van der Waals surface area contributed by atoms with Gasteiger partial charge in [-0.3, -0.25) is 4.79 Å². The summed E-state index contributed by atoms with van der Waals surface area (Å²) < 4.78 is 0. The van der Waals surface area contributed by atoms with E-state index in [-0.39, 0.29) is 5.91 Å². The van der Waals surface area contributed by atoms with Crippen molar-refractivity contribution in [2.45, 2.75) is 32.1 Å². The van der Waals surface area contributed by atoms with E-state index in [9.17, 15) is 4.79 Å². The van der Waals surface area contributed by atoms with E-state index in [1.807, 2.05) is 66.7 Å². The van der Waals surface area contributed by atoms with Gasteiger partial charge in [0, 0.05) is 30.8 Å². The minimum Gasteiger partial charge on any atom is -0.355 e. The third kappa shape index (κ3) is 5.19. The maximum atomic E-state index is 12.2. The molecule has 1 aliphatic rings. The Morgan fingerprint density at radius 1 is 0.862 bits per heavy atom. The van der Waals surface area contributed by atoms with Gasteiger partial charge in [-0.2, -0.15) is 0 Å². The lowest BCUT2D eigenvalue weighted by Crippen LogP contribution is -2.30. The van der Waals surface area contributed by atoms with Crippen LogP contribution in [0.15, 0.2) is 66.7 Å². The van der Waals surface area contributed by atoms with E-state index in [0.717, 1.165) is 42.3 Å². The molecule has 29 heavy (non-hydrogen) atoms. The second-order valence-corrected chi connectivity index (χ2v) is 7.44. The number of rotatable bonds is 6. The Bertz CT molecular complexity index is 917. The van der Waals surface area contributed by atoms with Crippen LogP contribution in [-0.4, -0.2) is 29.2 Å². The first-order valence-corrected chi connectivity index (χ1v) is 10.3. The largest absolute Gasteiger partial charge is 0.355 e. The molecule has 0 aliphatic carbocycles. The third-order valence-electron chi connectivity index (χ3n) is 5.28. The molecular weight excluding hydrogens is 360 g/mol. The molecule has 1 saturated heterocycles. The van der Waals surface area contributed by atoms with Gasteiger partial charge in [-0.25, -0.2) is 0 Å². The molecule has 5 nitrogen and oxygen atoms in total. The van der Waals surface area contributed by atoms with Crippen LogP contribution >= 0.6 is 0 Å². The topological polar surface area (TPSA) is 58.1 Å². The molecule has 0 unspecified atom stereocenters. The summed E-state index contributed by atoms with van der Waals surface area (Å²) in [5, 5.41) is 11.8. The molecule has 0 radical (unpaired) electrons. The summed E-state index contributed by atoms with van der Waals surface area (Å²) in [5.41, 5.74) is 3.80. The third-order valence-corrected chi connectivity index (χ3v) is 5.28. The number of aromatic nitrogens is 2. The number of piperidine rings is 1. The molecule has 1 aliphatic heterocycles. The monoisotopic (exact) mass is 386 g/mol. The summed E-state index contributed by atoms with van der Waals surface area (Å²) >= 11 is 0. The number of benzene rings is 2. The van der Waals surface area contributed by atoms with Crippen molar-refractivity contribution in [3.8, 4) is 11.3 Å². The first kappa shape index (κ1) is 19.1. The number of amides is 1. The highest BCUT2D eigenvalue weighted by atomic mass is 16.1. The van der Waals surface area contributed by atoms with E-state index >= 15 is 0 Å². The molecule has 1 N–H and O–H groups in total. The lowest BCUT2D eigenvalue weighted by Gasteiger charge is -2.27. The van der Waals surface area contributed by atoms with Crippen molar-refractivity contribution in [1.29, 1.82) is 0 Å². The fraction of sp³-hybridized carbons (Fsp3) is 0.292. The average Bonchev–Trinajstić information content (AvgIpc) is 2.80. The Morgan fingerprint density at radius 2 is 1.62 bits per heavy atom. The van der Waals surface area contributed by atoms with Crippen molar-refractivity contribution in [2.24, 2.45) is 0 Å². The second-order valence-electron chi connectivity index (χ2n) is 7.44. The van der Waals surface area contributed by atoms with Crippen molar-refractivity contribution in [3.05, 3.63) is 72.3 Å². The predicted molar refractivity (Wildman–Crippen MR) is 117 cm³/mol. The van der Waals surface area contributed by atoms with Crippen molar-refractivity contribution < 1.29 is 4.79 Å². The molecule has 0 bridgehead atoms. The minimum absolute atomic E-state index is 0.0206. The van der Waals surface area contributed by atoms with Gasteiger partial charge in [0.05, 0.1) is 5.69 Å². The fourth-order valence-corrected chi connectivity index (χ4v) is 3.62. The molecule has 0 spiro atoms. The number of carbonyl (C=O) groups is 1. The van der Waals surface area contributed by atoms with Crippen LogP contribution in [0.3, 0.4) is 0 Å². The van der Waals surface area contributed by atoms with Crippen molar-refractivity contribution in [3.63, 3.8) is 0 Å². The molecular formula is C24H26N4O. The highest BCUT2D eigenvalue weighted by molar-refractivity contribution is 5.91. The van der Waals surface area contributed by atoms with Crippen LogP contribution in [0.4, 0.5) is 11.5 Å². The number of nitrogens with zero attached hydrogens (tertiary/aromatic N) is 3. The van der Waals surface area contributed by atoms with Gasteiger partial charge in [0.2, 0.25) is 5.91 Å². The maximum Gasteiger partial charge on any atom is 0.224 e. The summed E-state index contributed by atoms with van der Waals surface area (Å²) in [6.45, 7) is 2.12. The van der Waals surface area contributed by atoms with Crippen LogP contribution in [0, 0.1) is 0 Å². The van der Waals surface area contributed by atoms with Gasteiger partial charge >= 0.3 is 0 Å². The Balaban J connectivity index is 1.33. The first-order valence-electron chi connectivity index (χ1n) is 10.3. The van der Waals surface area contributed by atoms with E-state index in [0.29, 0.717) is 6.42 Å². The Hall–Kier alpha value is -3.21. The van der Waals surface area contributed by atoms with Crippen LogP contribution < -0.4 is 10.2 Å². The molecule has 148 valence electrons. The highest BCUT2D eigenvalue weighted by Crippen LogP contribution is 2.22. The van der Waals surface area contributed by atoms with Crippen molar-refractivity contribution in [2.75, 3.05) is 23.3 Å². The number of carbonyl (C=O) groups excluding carboxylic acids is 1. The summed E-state index contributed by atoms with van der Waals surface area (Å²) in [7, 11) is 0. The number of anilines is 2. The van der Waals surface area contributed by atoms with E-state index < -0.39 is 0 Å². The fourth-order valence-electron chi connectivity index (χ4n) is 3.62. The van der Waals surface area contributed by atoms with Gasteiger partial charge < -0.3 is 10.2 Å². The maximum absolute atomic E-state index is 12.2. The smallest absolute Gasteiger partial charge is 0.224 e. The zero-order chi connectivity index (χ0) is 19.9. The summed E-state index contributed by atoms with van der Waals surface area (Å²) in [6, 6.07) is 21.9. The zero-order valence-corrected chi connectivity index (χ0v) is 16.6. The van der Waals surface area contributed by atoms with E-state index in [1.165, 1.54) is 24.8 Å². The number of aryl methyl sites for hydroxylation is 1. The van der Waals surface area contributed by atoms with Gasteiger partial charge in [0.25, 0.3) is 0 Å². The van der Waals surface area contributed by atoms with Gasteiger partial charge in [-0.05, 0) is 55.5 Å². The van der Waals surface area contributed by atoms with E-state index in [4.69, 9.17) is 0 Å². The standard InChI is InChI=1S/C24H26N4O/c29-24(16-9-19-7-3-1-4-8-19)25-21-12-10-20(11-13-21)22-14-15-23(27-26-22)28-17-5-2-6-18-28/h1,3-4,7-8,10-15H,2,5-6,9,16-18H2,(H,25,29). The molecule has 1 fully saturated rings. The number of hydrogen-bond donors (Lipinski definition) is 1. The quantitative estimate of drug-likeness (QED) is 0.667. The number of nitrogens with one attached hydrogen (secondary N) is 1. The molecule has 2 aromatic carbocycles. The first-order chi connectivity index (χ1) is 14.3. The lowest BCUT2D eigenvalue weighted by molar-refractivity contribution is -0.116. The Labute approximate surface area is 171 Å². The molecule has 4 rings (SSSR count). The Kier molecular flexibility index (Phi) is 6.15. The molecule has 0 atom stereocenters. The molecule has 0 saturated carbocycles. The molecule has 2 heterocycles. The normalized spacial score (nSPS) is 13.9. The Morgan fingerprint density at radius 3 is 2.31 bits per heavy atom. The molecule has 3 aromatic rings. The lowest BCUT2D eigenvalue weighted by atomic mass is 10.1. The van der Waals surface area contributed by atoms with Crippen molar-refractivity contribution >= 4 is 17.4 Å². The van der Waals surface area contributed by atoms with E-state index in [2.05, 4.69) is 20.4 Å². The second kappa shape index (κ2) is 9.32. The molecule has 1 amide bonds. The average molecular weight is 386 g/mol. The summed E-state index contributed by atoms with van der Waals surface area (Å²) in [5.74, 6) is 0.975. The van der Waals surface area contributed by atoms with Gasteiger partial charge in [0.15, 0.2) is 5.82 Å². The molecule has 1 aromatic heterocycles. The summed E-state index contributed by atoms with van der Waals surface area (Å²) in [4.78, 5) is 14.5. The molecule has 5 heteroatoms. The van der Waals surface area contributed by atoms with Gasteiger partial charge in [-0.15, -0.1) is 10.2 Å². The SMILES string of the molecule is O=C(CCc1ccccc1)Nc1ccc(-c2ccc(N3CCCCC3)nn2)cc1. The van der Waals surface area contributed by atoms with Gasteiger partial charge in [-0.1, -0.05) is 42.5 Å². The highest BCUT2D eigenvalue weighted by Gasteiger charge is 2.12. The van der Waals surface area contributed by atoms with Crippen molar-refractivity contribution in [1.82, 2.24) is 10.2 Å². The van der Waals surface area contributed by atoms with E-state index in [1.54, 1.807) is 0 Å². The minimum atomic E-state index is 0.0206. The summed E-state index contributed by atoms with van der Waals surface area (Å²) in [6.07, 6.45) is 4.96. The predicted octanol–water partition coefficient (Wildman–Crippen LogP) is 4.71.